The summed E-state index contributed by atoms with van der Waals surface area (Å²) in [5.41, 5.74) is -0.614. The fourth-order valence-corrected chi connectivity index (χ4v) is 5.90. The lowest BCUT2D eigenvalue weighted by atomic mass is 9.76. The maximum Gasteiger partial charge on any atom is 0.326 e. The molecule has 5 N–H and O–H groups in total. The summed E-state index contributed by atoms with van der Waals surface area (Å²) in [4.78, 5) is 55.2. The van der Waals surface area contributed by atoms with Crippen molar-refractivity contribution in [3.8, 4) is 5.75 Å². The van der Waals surface area contributed by atoms with Crippen molar-refractivity contribution in [3.05, 3.63) is 48.5 Å². The highest BCUT2D eigenvalue weighted by Crippen LogP contribution is 2.44. The third-order valence-corrected chi connectivity index (χ3v) is 7.97. The van der Waals surface area contributed by atoms with Crippen LogP contribution in [0.3, 0.4) is 0 Å². The third-order valence-electron chi connectivity index (χ3n) is 7.19. The number of rotatable bonds is 14. The molecule has 15 heteroatoms. The highest BCUT2D eigenvalue weighted by molar-refractivity contribution is 7.88. The second kappa shape index (κ2) is 13.1. The molecule has 1 saturated carbocycles. The van der Waals surface area contributed by atoms with E-state index in [2.05, 4.69) is 15.0 Å². The normalized spacial score (nSPS) is 16.8. The Bertz CT molecular complexity index is 1340. The number of phenols is 1. The SMILES string of the molecule is C[C@@H](NS(C)(=O)=O)C(=O)N(C[C@H](CC1(C(=O)N[C@@H](Cc2ccc(O)cc2)C(=O)O)CCCC1)C(=O)O)n1ccnc1. The van der Waals surface area contributed by atoms with E-state index in [9.17, 15) is 42.9 Å². The first-order valence-corrected chi connectivity index (χ1v) is 14.9. The molecule has 224 valence electrons. The highest BCUT2D eigenvalue weighted by atomic mass is 32.2. The van der Waals surface area contributed by atoms with Gasteiger partial charge >= 0.3 is 11.9 Å². The Hall–Kier alpha value is -3.98. The molecule has 1 aromatic heterocycles. The highest BCUT2D eigenvalue weighted by Gasteiger charge is 2.46. The van der Waals surface area contributed by atoms with Gasteiger partial charge in [-0.3, -0.25) is 14.4 Å². The van der Waals surface area contributed by atoms with Crippen molar-refractivity contribution in [2.45, 2.75) is 57.5 Å². The van der Waals surface area contributed by atoms with E-state index < -0.39 is 63.7 Å². The predicted octanol–water partition coefficient (Wildman–Crippen LogP) is 0.454. The monoisotopic (exact) mass is 593 g/mol. The van der Waals surface area contributed by atoms with Crippen LogP contribution in [0.2, 0.25) is 0 Å². The topological polar surface area (TPSA) is 208 Å². The van der Waals surface area contributed by atoms with Gasteiger partial charge in [-0.2, -0.15) is 0 Å². The summed E-state index contributed by atoms with van der Waals surface area (Å²) in [5.74, 6) is -5.09. The molecule has 1 fully saturated rings. The van der Waals surface area contributed by atoms with Gasteiger partial charge in [-0.05, 0) is 43.9 Å². The summed E-state index contributed by atoms with van der Waals surface area (Å²) in [5, 5.41) is 33.1. The van der Waals surface area contributed by atoms with E-state index in [1.54, 1.807) is 12.1 Å². The lowest BCUT2D eigenvalue weighted by Gasteiger charge is -2.34. The van der Waals surface area contributed by atoms with Crippen molar-refractivity contribution in [1.29, 1.82) is 0 Å². The molecule has 0 aliphatic heterocycles. The molecule has 2 amide bonds. The van der Waals surface area contributed by atoms with Crippen molar-refractivity contribution in [1.82, 2.24) is 19.7 Å². The average Bonchev–Trinajstić information content (AvgIpc) is 3.59. The number of phenolic OH excluding ortho intramolecular Hbond substituents is 1. The summed E-state index contributed by atoms with van der Waals surface area (Å²) in [6, 6.07) is 3.40. The lowest BCUT2D eigenvalue weighted by Crippen LogP contribution is -2.54. The van der Waals surface area contributed by atoms with E-state index in [0.717, 1.165) is 11.3 Å². The number of sulfonamides is 1. The standard InChI is InChI=1S/C26H35N5O9S/c1-17(29-41(2,39)40)22(33)31(30-12-11-27-16-30)15-19(23(34)35)14-26(9-3-4-10-26)25(38)28-21(24(36)37)13-18-5-7-20(32)8-6-18/h5-8,11-12,16-17,19,21,29,32H,3-4,9-10,13-15H2,1-2H3,(H,28,38)(H,34,35)(H,36,37)/t17-,19+,21+/m1/s1. The fourth-order valence-electron chi connectivity index (χ4n) is 5.15. The van der Waals surface area contributed by atoms with Crippen molar-refractivity contribution < 1.29 is 42.9 Å². The number of hydrogen-bond acceptors (Lipinski definition) is 8. The smallest absolute Gasteiger partial charge is 0.326 e. The van der Waals surface area contributed by atoms with Crippen LogP contribution in [0.15, 0.2) is 43.0 Å². The van der Waals surface area contributed by atoms with E-state index in [4.69, 9.17) is 0 Å². The van der Waals surface area contributed by atoms with Crippen LogP contribution in [-0.4, -0.2) is 82.0 Å². The Morgan fingerprint density at radius 3 is 2.24 bits per heavy atom. The minimum absolute atomic E-state index is 0.0130. The minimum atomic E-state index is -3.75. The molecule has 1 aromatic carbocycles. The molecule has 0 radical (unpaired) electrons. The van der Waals surface area contributed by atoms with Gasteiger partial charge in [0, 0.05) is 18.8 Å². The van der Waals surface area contributed by atoms with Crippen LogP contribution < -0.4 is 15.0 Å². The van der Waals surface area contributed by atoms with E-state index in [0.29, 0.717) is 31.2 Å². The summed E-state index contributed by atoms with van der Waals surface area (Å²) < 4.78 is 26.8. The van der Waals surface area contributed by atoms with Gasteiger partial charge in [0.2, 0.25) is 15.9 Å². The second-order valence-corrected chi connectivity index (χ2v) is 12.2. The van der Waals surface area contributed by atoms with Crippen LogP contribution in [0.4, 0.5) is 0 Å². The van der Waals surface area contributed by atoms with Crippen molar-refractivity contribution in [3.63, 3.8) is 0 Å². The minimum Gasteiger partial charge on any atom is -0.508 e. The molecule has 41 heavy (non-hydrogen) atoms. The van der Waals surface area contributed by atoms with Crippen molar-refractivity contribution >= 4 is 33.8 Å². The van der Waals surface area contributed by atoms with Gasteiger partial charge in [0.15, 0.2) is 0 Å². The van der Waals surface area contributed by atoms with Gasteiger partial charge in [-0.15, -0.1) is 0 Å². The molecule has 3 rings (SSSR count). The number of aliphatic carboxylic acids is 2. The Morgan fingerprint density at radius 2 is 1.73 bits per heavy atom. The van der Waals surface area contributed by atoms with Gasteiger partial charge in [0.05, 0.1) is 30.2 Å². The van der Waals surface area contributed by atoms with Crippen LogP contribution in [0.25, 0.3) is 0 Å². The Balaban J connectivity index is 1.84. The molecular formula is C26H35N5O9S. The van der Waals surface area contributed by atoms with E-state index >= 15 is 0 Å². The first kappa shape index (κ1) is 31.5. The van der Waals surface area contributed by atoms with Crippen LogP contribution >= 0.6 is 0 Å². The molecule has 14 nitrogen and oxygen atoms in total. The van der Waals surface area contributed by atoms with Crippen molar-refractivity contribution in [2.75, 3.05) is 17.8 Å². The number of aromatic nitrogens is 2. The van der Waals surface area contributed by atoms with Gasteiger partial charge in [-0.1, -0.05) is 25.0 Å². The van der Waals surface area contributed by atoms with E-state index in [-0.39, 0.29) is 18.6 Å². The van der Waals surface area contributed by atoms with E-state index in [1.807, 2.05) is 0 Å². The van der Waals surface area contributed by atoms with Crippen LogP contribution in [0.1, 0.15) is 44.6 Å². The number of benzene rings is 1. The molecule has 1 aliphatic carbocycles. The molecule has 1 aliphatic rings. The molecule has 0 bridgehead atoms. The Labute approximate surface area is 237 Å². The van der Waals surface area contributed by atoms with Crippen LogP contribution in [0.5, 0.6) is 5.75 Å². The molecule has 0 unspecified atom stereocenters. The Morgan fingerprint density at radius 1 is 1.10 bits per heavy atom. The number of carbonyl (C=O) groups excluding carboxylic acids is 2. The molecule has 1 heterocycles. The van der Waals surface area contributed by atoms with Crippen LogP contribution in [-0.2, 0) is 35.6 Å². The number of amides is 2. The number of nitrogens with zero attached hydrogens (tertiary/aromatic N) is 3. The quantitative estimate of drug-likeness (QED) is 0.204. The fraction of sp³-hybridized carbons (Fsp3) is 0.500. The third kappa shape index (κ3) is 8.50. The summed E-state index contributed by atoms with van der Waals surface area (Å²) in [6.07, 6.45) is 6.65. The van der Waals surface area contributed by atoms with Gasteiger partial charge in [0.25, 0.3) is 5.91 Å². The zero-order valence-electron chi connectivity index (χ0n) is 22.8. The maximum absolute atomic E-state index is 13.6. The zero-order chi connectivity index (χ0) is 30.4. The number of nitrogens with one attached hydrogen (secondary N) is 2. The van der Waals surface area contributed by atoms with E-state index in [1.165, 1.54) is 42.5 Å². The molecule has 0 spiro atoms. The molecule has 3 atom stereocenters. The van der Waals surface area contributed by atoms with Crippen molar-refractivity contribution in [2.24, 2.45) is 11.3 Å². The van der Waals surface area contributed by atoms with Crippen LogP contribution in [0, 0.1) is 11.3 Å². The van der Waals surface area contributed by atoms with Gasteiger partial charge < -0.3 is 20.6 Å². The number of aromatic hydroxyl groups is 1. The maximum atomic E-state index is 13.6. The number of carboxylic acids is 2. The van der Waals surface area contributed by atoms with Gasteiger partial charge in [-0.25, -0.2) is 32.6 Å². The number of imidazole rings is 1. The largest absolute Gasteiger partial charge is 0.508 e. The first-order chi connectivity index (χ1) is 19.2. The first-order valence-electron chi connectivity index (χ1n) is 13.0. The number of hydrogen-bond donors (Lipinski definition) is 5. The number of carboxylic acid groups (broad SMARTS) is 2. The summed E-state index contributed by atoms with van der Waals surface area (Å²) >= 11 is 0. The number of carbonyl (C=O) groups is 4. The van der Waals surface area contributed by atoms with Gasteiger partial charge in [0.1, 0.15) is 18.1 Å². The molecule has 2 aromatic rings. The zero-order valence-corrected chi connectivity index (χ0v) is 23.6. The lowest BCUT2D eigenvalue weighted by molar-refractivity contribution is -0.147. The predicted molar refractivity (Wildman–Crippen MR) is 146 cm³/mol. The molecule has 0 saturated heterocycles. The summed E-state index contributed by atoms with van der Waals surface area (Å²) in [7, 11) is -3.75. The second-order valence-electron chi connectivity index (χ2n) is 10.4. The molecular weight excluding hydrogens is 558 g/mol. The summed E-state index contributed by atoms with van der Waals surface area (Å²) in [6.45, 7) is 0.931. The Kier molecular flexibility index (Phi) is 10.1. The average molecular weight is 594 g/mol.